The second-order valence-electron chi connectivity index (χ2n) is 6.78. The minimum absolute atomic E-state index is 0.0106. The Balaban J connectivity index is 1.95. The van der Waals surface area contributed by atoms with E-state index < -0.39 is 0 Å². The molecule has 142 valence electrons. The molecule has 0 saturated heterocycles. The van der Waals surface area contributed by atoms with Crippen molar-refractivity contribution in [3.05, 3.63) is 16.0 Å². The predicted molar refractivity (Wildman–Crippen MR) is 99.4 cm³/mol. The van der Waals surface area contributed by atoms with E-state index in [0.29, 0.717) is 36.5 Å². The molecular formula is C18H25N3O4S. The molecule has 3 heterocycles. The summed E-state index contributed by atoms with van der Waals surface area (Å²) in [5.74, 6) is -0.201. The van der Waals surface area contributed by atoms with Crippen LogP contribution in [-0.2, 0) is 22.6 Å². The molecule has 2 aliphatic rings. The van der Waals surface area contributed by atoms with Crippen molar-refractivity contribution in [2.45, 2.75) is 39.2 Å². The number of carbonyl (C=O) groups is 3. The standard InChI is InChI=1S/C18H25N3O4S/c1-3-4-5-14(23)20-7-6-12-13(10-20)26-18-16(12)17(25)19(2)11-15(24)21(18)8-9-22/h22H,3-11H2,1-2H3. The molecule has 8 heteroatoms. The van der Waals surface area contributed by atoms with E-state index in [1.54, 1.807) is 7.05 Å². The van der Waals surface area contributed by atoms with Crippen LogP contribution in [0.3, 0.4) is 0 Å². The van der Waals surface area contributed by atoms with E-state index in [9.17, 15) is 19.5 Å². The summed E-state index contributed by atoms with van der Waals surface area (Å²) in [5.41, 5.74) is 1.53. The van der Waals surface area contributed by atoms with Gasteiger partial charge in [0.1, 0.15) is 11.5 Å². The lowest BCUT2D eigenvalue weighted by atomic mass is 10.0. The summed E-state index contributed by atoms with van der Waals surface area (Å²) in [6.07, 6.45) is 3.04. The Kier molecular flexibility index (Phi) is 5.62. The highest BCUT2D eigenvalue weighted by atomic mass is 32.1. The highest BCUT2D eigenvalue weighted by Crippen LogP contribution is 2.41. The van der Waals surface area contributed by atoms with E-state index in [4.69, 9.17) is 0 Å². The highest BCUT2D eigenvalue weighted by Gasteiger charge is 2.37. The normalized spacial score (nSPS) is 17.3. The van der Waals surface area contributed by atoms with Gasteiger partial charge in [-0.3, -0.25) is 19.3 Å². The molecule has 0 aliphatic carbocycles. The Morgan fingerprint density at radius 2 is 2.04 bits per heavy atom. The highest BCUT2D eigenvalue weighted by molar-refractivity contribution is 7.17. The fraction of sp³-hybridized carbons (Fsp3) is 0.611. The van der Waals surface area contributed by atoms with E-state index >= 15 is 0 Å². The number of β-amino-alcohol motifs (C(OH)–C–C–N with tert-alkyl or cyclic N) is 1. The van der Waals surface area contributed by atoms with Crippen molar-refractivity contribution in [3.63, 3.8) is 0 Å². The number of carbonyl (C=O) groups excluding carboxylic acids is 3. The van der Waals surface area contributed by atoms with Gasteiger partial charge in [0, 0.05) is 31.4 Å². The zero-order valence-electron chi connectivity index (χ0n) is 15.3. The third-order valence-corrected chi connectivity index (χ3v) is 6.18. The van der Waals surface area contributed by atoms with Crippen molar-refractivity contribution < 1.29 is 19.5 Å². The molecule has 3 rings (SSSR count). The predicted octanol–water partition coefficient (Wildman–Crippen LogP) is 1.23. The molecule has 0 aromatic carbocycles. The minimum atomic E-state index is -0.192. The van der Waals surface area contributed by atoms with Crippen molar-refractivity contribution in [3.8, 4) is 0 Å². The van der Waals surface area contributed by atoms with Gasteiger partial charge in [-0.25, -0.2) is 0 Å². The summed E-state index contributed by atoms with van der Waals surface area (Å²) < 4.78 is 0. The van der Waals surface area contributed by atoms with E-state index in [0.717, 1.165) is 23.3 Å². The molecule has 1 aromatic heterocycles. The van der Waals surface area contributed by atoms with Gasteiger partial charge in [0.15, 0.2) is 0 Å². The number of nitrogens with zero attached hydrogens (tertiary/aromatic N) is 3. The van der Waals surface area contributed by atoms with E-state index in [1.165, 1.54) is 21.1 Å². The van der Waals surface area contributed by atoms with Crippen LogP contribution in [0.15, 0.2) is 0 Å². The molecule has 0 spiro atoms. The van der Waals surface area contributed by atoms with Gasteiger partial charge in [-0.1, -0.05) is 13.3 Å². The van der Waals surface area contributed by atoms with Gasteiger partial charge >= 0.3 is 0 Å². The van der Waals surface area contributed by atoms with Crippen LogP contribution in [0, 0.1) is 0 Å². The molecule has 0 bridgehead atoms. The molecule has 3 amide bonds. The molecule has 1 aromatic rings. The third-order valence-electron chi connectivity index (χ3n) is 4.94. The Morgan fingerprint density at radius 1 is 1.27 bits per heavy atom. The maximum absolute atomic E-state index is 12.8. The third kappa shape index (κ3) is 3.35. The number of hydrogen-bond donors (Lipinski definition) is 1. The van der Waals surface area contributed by atoms with Crippen molar-refractivity contribution in [1.29, 1.82) is 0 Å². The number of fused-ring (bicyclic) bond motifs is 3. The SMILES string of the molecule is CCCCC(=O)N1CCc2c(sc3c2C(=O)N(C)CC(=O)N3CCO)C1. The average Bonchev–Trinajstić information content (AvgIpc) is 2.97. The first-order chi connectivity index (χ1) is 12.5. The first-order valence-electron chi connectivity index (χ1n) is 9.06. The van der Waals surface area contributed by atoms with Gasteiger partial charge in [0.2, 0.25) is 11.8 Å². The quantitative estimate of drug-likeness (QED) is 0.834. The maximum Gasteiger partial charge on any atom is 0.257 e. The van der Waals surface area contributed by atoms with Crippen molar-refractivity contribution in [2.24, 2.45) is 0 Å². The van der Waals surface area contributed by atoms with Gasteiger partial charge in [0.25, 0.3) is 5.91 Å². The molecule has 0 saturated carbocycles. The zero-order chi connectivity index (χ0) is 18.8. The zero-order valence-corrected chi connectivity index (χ0v) is 16.1. The summed E-state index contributed by atoms with van der Waals surface area (Å²) in [6, 6.07) is 0. The van der Waals surface area contributed by atoms with Crippen molar-refractivity contribution >= 4 is 34.1 Å². The van der Waals surface area contributed by atoms with Crippen LogP contribution in [0.5, 0.6) is 0 Å². The monoisotopic (exact) mass is 379 g/mol. The summed E-state index contributed by atoms with van der Waals surface area (Å²) in [7, 11) is 1.62. The van der Waals surface area contributed by atoms with Crippen LogP contribution in [-0.4, -0.2) is 65.9 Å². The molecule has 7 nitrogen and oxygen atoms in total. The van der Waals surface area contributed by atoms with Crippen molar-refractivity contribution in [1.82, 2.24) is 9.80 Å². The lowest BCUT2D eigenvalue weighted by Gasteiger charge is -2.27. The number of unbranched alkanes of at least 4 members (excludes halogenated alkanes) is 1. The van der Waals surface area contributed by atoms with Crippen LogP contribution in [0.2, 0.25) is 0 Å². The maximum atomic E-state index is 12.8. The number of hydrogen-bond acceptors (Lipinski definition) is 5. The van der Waals surface area contributed by atoms with Gasteiger partial charge < -0.3 is 14.9 Å². The molecule has 26 heavy (non-hydrogen) atoms. The Hall–Kier alpha value is -1.93. The lowest BCUT2D eigenvalue weighted by Crippen LogP contribution is -2.39. The molecule has 0 radical (unpaired) electrons. The van der Waals surface area contributed by atoms with E-state index in [1.807, 2.05) is 4.90 Å². The van der Waals surface area contributed by atoms with E-state index in [2.05, 4.69) is 6.92 Å². The Labute approximate surface area is 157 Å². The molecule has 2 aliphatic heterocycles. The van der Waals surface area contributed by atoms with E-state index in [-0.39, 0.29) is 37.4 Å². The Bertz CT molecular complexity index is 730. The van der Waals surface area contributed by atoms with Crippen molar-refractivity contribution in [2.75, 3.05) is 38.2 Å². The van der Waals surface area contributed by atoms with Gasteiger partial charge in [0.05, 0.1) is 18.7 Å². The minimum Gasteiger partial charge on any atom is -0.395 e. The molecular weight excluding hydrogens is 354 g/mol. The van der Waals surface area contributed by atoms with Crippen LogP contribution in [0.4, 0.5) is 5.00 Å². The Morgan fingerprint density at radius 3 is 2.73 bits per heavy atom. The number of rotatable bonds is 5. The first-order valence-corrected chi connectivity index (χ1v) is 9.88. The number of aliphatic hydroxyl groups is 1. The number of aliphatic hydroxyl groups excluding tert-OH is 1. The second kappa shape index (κ2) is 7.75. The van der Waals surface area contributed by atoms with Crippen LogP contribution >= 0.6 is 11.3 Å². The number of likely N-dealkylation sites (N-methyl/N-ethyl adjacent to an activating group) is 1. The molecule has 1 N–H and O–H groups in total. The van der Waals surface area contributed by atoms with Crippen LogP contribution < -0.4 is 4.90 Å². The summed E-state index contributed by atoms with van der Waals surface area (Å²) in [5, 5.41) is 9.96. The fourth-order valence-electron chi connectivity index (χ4n) is 3.49. The summed E-state index contributed by atoms with van der Waals surface area (Å²) >= 11 is 1.41. The lowest BCUT2D eigenvalue weighted by molar-refractivity contribution is -0.132. The smallest absolute Gasteiger partial charge is 0.257 e. The number of amides is 3. The first kappa shape index (κ1) is 18.8. The number of thiophene rings is 1. The van der Waals surface area contributed by atoms with Gasteiger partial charge in [-0.2, -0.15) is 0 Å². The van der Waals surface area contributed by atoms with Crippen LogP contribution in [0.25, 0.3) is 0 Å². The summed E-state index contributed by atoms with van der Waals surface area (Å²) in [4.78, 5) is 43.5. The number of anilines is 1. The van der Waals surface area contributed by atoms with Gasteiger partial charge in [-0.05, 0) is 18.4 Å². The fourth-order valence-corrected chi connectivity index (χ4v) is 4.89. The largest absolute Gasteiger partial charge is 0.395 e. The second-order valence-corrected chi connectivity index (χ2v) is 7.87. The average molecular weight is 379 g/mol. The van der Waals surface area contributed by atoms with Gasteiger partial charge in [-0.15, -0.1) is 11.3 Å². The summed E-state index contributed by atoms with van der Waals surface area (Å²) in [6.45, 7) is 3.18. The molecule has 0 atom stereocenters. The molecule has 0 fully saturated rings. The topological polar surface area (TPSA) is 81.2 Å². The molecule has 0 unspecified atom stereocenters. The van der Waals surface area contributed by atoms with Crippen LogP contribution in [0.1, 0.15) is 47.0 Å².